The molecule has 3 nitrogen and oxygen atoms in total. The van der Waals surface area contributed by atoms with Gasteiger partial charge in [0.05, 0.1) is 11.4 Å². The van der Waals surface area contributed by atoms with E-state index in [2.05, 4.69) is 16.9 Å². The molecule has 0 aliphatic heterocycles. The topological polar surface area (TPSA) is 51.8 Å². The van der Waals surface area contributed by atoms with Crippen molar-refractivity contribution in [3.8, 4) is 0 Å². The van der Waals surface area contributed by atoms with Crippen LogP contribution in [-0.2, 0) is 6.42 Å². The van der Waals surface area contributed by atoms with E-state index >= 15 is 0 Å². The van der Waals surface area contributed by atoms with Crippen molar-refractivity contribution in [2.75, 3.05) is 0 Å². The highest BCUT2D eigenvalue weighted by Gasteiger charge is 2.06. The molecule has 0 aliphatic rings. The molecule has 3 heteroatoms. The van der Waals surface area contributed by atoms with E-state index < -0.39 is 0 Å². The lowest BCUT2D eigenvalue weighted by atomic mass is 10.1. The van der Waals surface area contributed by atoms with Crippen LogP contribution in [0.4, 0.5) is 0 Å². The van der Waals surface area contributed by atoms with Crippen LogP contribution in [0.25, 0.3) is 0 Å². The number of aryl methyl sites for hydroxylation is 1. The fraction of sp³-hybridized carbons (Fsp3) is 0.600. The van der Waals surface area contributed by atoms with Gasteiger partial charge in [-0.2, -0.15) is 0 Å². The van der Waals surface area contributed by atoms with Gasteiger partial charge in [0.25, 0.3) is 0 Å². The molecule has 0 fully saturated rings. The van der Waals surface area contributed by atoms with Crippen LogP contribution in [0, 0.1) is 6.92 Å². The molecule has 1 aromatic heterocycles. The first-order valence-corrected chi connectivity index (χ1v) is 4.76. The van der Waals surface area contributed by atoms with E-state index in [1.54, 1.807) is 12.4 Å². The zero-order valence-corrected chi connectivity index (χ0v) is 8.33. The summed E-state index contributed by atoms with van der Waals surface area (Å²) in [7, 11) is 0. The predicted molar refractivity (Wildman–Crippen MR) is 53.4 cm³/mol. The molecule has 72 valence electrons. The molecule has 0 radical (unpaired) electrons. The van der Waals surface area contributed by atoms with Crippen molar-refractivity contribution in [2.45, 2.75) is 39.2 Å². The molecule has 13 heavy (non-hydrogen) atoms. The molecule has 1 unspecified atom stereocenters. The third kappa shape index (κ3) is 3.11. The molecule has 2 N–H and O–H groups in total. The smallest absolute Gasteiger partial charge is 0.0631 e. The maximum absolute atomic E-state index is 5.92. The molecule has 1 aromatic rings. The number of rotatable bonds is 4. The van der Waals surface area contributed by atoms with Gasteiger partial charge < -0.3 is 5.73 Å². The Kier molecular flexibility index (Phi) is 3.83. The SMILES string of the molecule is CCCC(N)Cc1nccnc1C. The average molecular weight is 179 g/mol. The van der Waals surface area contributed by atoms with Gasteiger partial charge >= 0.3 is 0 Å². The van der Waals surface area contributed by atoms with Crippen LogP contribution in [0.5, 0.6) is 0 Å². The second-order valence-electron chi connectivity index (χ2n) is 3.34. The van der Waals surface area contributed by atoms with E-state index in [9.17, 15) is 0 Å². The molecular weight excluding hydrogens is 162 g/mol. The fourth-order valence-electron chi connectivity index (χ4n) is 1.36. The largest absolute Gasteiger partial charge is 0.327 e. The Morgan fingerprint density at radius 3 is 2.69 bits per heavy atom. The monoisotopic (exact) mass is 179 g/mol. The summed E-state index contributed by atoms with van der Waals surface area (Å²) in [5, 5.41) is 0. The first-order chi connectivity index (χ1) is 6.24. The van der Waals surface area contributed by atoms with Gasteiger partial charge in [-0.3, -0.25) is 9.97 Å². The summed E-state index contributed by atoms with van der Waals surface area (Å²) >= 11 is 0. The molecule has 1 heterocycles. The third-order valence-corrected chi connectivity index (χ3v) is 2.10. The average Bonchev–Trinajstić information content (AvgIpc) is 2.09. The van der Waals surface area contributed by atoms with Crippen molar-refractivity contribution in [3.05, 3.63) is 23.8 Å². The quantitative estimate of drug-likeness (QED) is 0.761. The summed E-state index contributed by atoms with van der Waals surface area (Å²) in [5.41, 5.74) is 7.94. The van der Waals surface area contributed by atoms with Gasteiger partial charge in [0.1, 0.15) is 0 Å². The Balaban J connectivity index is 2.58. The predicted octanol–water partition coefficient (Wildman–Crippen LogP) is 1.45. The number of hydrogen-bond acceptors (Lipinski definition) is 3. The molecule has 0 bridgehead atoms. The van der Waals surface area contributed by atoms with Crippen LogP contribution >= 0.6 is 0 Å². The molecule has 1 atom stereocenters. The summed E-state index contributed by atoms with van der Waals surface area (Å²) in [6.07, 6.45) is 6.45. The molecule has 0 aromatic carbocycles. The Morgan fingerprint density at radius 2 is 2.08 bits per heavy atom. The van der Waals surface area contributed by atoms with Crippen LogP contribution < -0.4 is 5.73 Å². The van der Waals surface area contributed by atoms with Crippen molar-refractivity contribution in [1.82, 2.24) is 9.97 Å². The molecule has 0 aliphatic carbocycles. The number of hydrogen-bond donors (Lipinski definition) is 1. The second-order valence-corrected chi connectivity index (χ2v) is 3.34. The summed E-state index contributed by atoms with van der Waals surface area (Å²) in [4.78, 5) is 8.43. The molecule has 1 rings (SSSR count). The van der Waals surface area contributed by atoms with Crippen molar-refractivity contribution in [2.24, 2.45) is 5.73 Å². The Bertz CT molecular complexity index is 260. The second kappa shape index (κ2) is 4.92. The maximum Gasteiger partial charge on any atom is 0.0631 e. The lowest BCUT2D eigenvalue weighted by molar-refractivity contribution is 0.590. The minimum Gasteiger partial charge on any atom is -0.327 e. The fourth-order valence-corrected chi connectivity index (χ4v) is 1.36. The summed E-state index contributed by atoms with van der Waals surface area (Å²) in [6, 6.07) is 0.223. The molecule has 0 amide bonds. The van der Waals surface area contributed by atoms with Gasteiger partial charge in [-0.05, 0) is 13.3 Å². The number of nitrogens with two attached hydrogens (primary N) is 1. The van der Waals surface area contributed by atoms with Gasteiger partial charge in [0, 0.05) is 24.9 Å². The molecular formula is C10H17N3. The van der Waals surface area contributed by atoms with Crippen LogP contribution in [0.2, 0.25) is 0 Å². The molecule has 0 saturated carbocycles. The van der Waals surface area contributed by atoms with Crippen molar-refractivity contribution in [3.63, 3.8) is 0 Å². The van der Waals surface area contributed by atoms with Crippen molar-refractivity contribution < 1.29 is 0 Å². The van der Waals surface area contributed by atoms with Gasteiger partial charge in [0.15, 0.2) is 0 Å². The van der Waals surface area contributed by atoms with E-state index in [-0.39, 0.29) is 6.04 Å². The lowest BCUT2D eigenvalue weighted by Gasteiger charge is -2.10. The molecule has 0 saturated heterocycles. The summed E-state index contributed by atoms with van der Waals surface area (Å²) < 4.78 is 0. The Labute approximate surface area is 79.4 Å². The Hall–Kier alpha value is -0.960. The van der Waals surface area contributed by atoms with Gasteiger partial charge in [-0.1, -0.05) is 13.3 Å². The minimum absolute atomic E-state index is 0.223. The molecule has 0 spiro atoms. The normalized spacial score (nSPS) is 12.8. The highest BCUT2D eigenvalue weighted by molar-refractivity contribution is 5.09. The highest BCUT2D eigenvalue weighted by Crippen LogP contribution is 2.05. The van der Waals surface area contributed by atoms with E-state index in [0.717, 1.165) is 30.7 Å². The van der Waals surface area contributed by atoms with Gasteiger partial charge in [-0.25, -0.2) is 0 Å². The number of nitrogens with zero attached hydrogens (tertiary/aromatic N) is 2. The zero-order chi connectivity index (χ0) is 9.68. The Morgan fingerprint density at radius 1 is 1.38 bits per heavy atom. The standard InChI is InChI=1S/C10H17N3/c1-3-4-9(11)7-10-8(2)12-5-6-13-10/h5-6,9H,3-4,7,11H2,1-2H3. The third-order valence-electron chi connectivity index (χ3n) is 2.10. The van der Waals surface area contributed by atoms with Crippen molar-refractivity contribution in [1.29, 1.82) is 0 Å². The van der Waals surface area contributed by atoms with Crippen LogP contribution in [0.3, 0.4) is 0 Å². The van der Waals surface area contributed by atoms with E-state index in [4.69, 9.17) is 5.73 Å². The van der Waals surface area contributed by atoms with Gasteiger partial charge in [0.2, 0.25) is 0 Å². The van der Waals surface area contributed by atoms with E-state index in [1.165, 1.54) is 0 Å². The first kappa shape index (κ1) is 10.1. The van der Waals surface area contributed by atoms with Crippen LogP contribution in [0.1, 0.15) is 31.2 Å². The van der Waals surface area contributed by atoms with E-state index in [0.29, 0.717) is 0 Å². The van der Waals surface area contributed by atoms with E-state index in [1.807, 2.05) is 6.92 Å². The first-order valence-electron chi connectivity index (χ1n) is 4.76. The van der Waals surface area contributed by atoms with Crippen LogP contribution in [0.15, 0.2) is 12.4 Å². The highest BCUT2D eigenvalue weighted by atomic mass is 14.8. The van der Waals surface area contributed by atoms with Crippen molar-refractivity contribution >= 4 is 0 Å². The van der Waals surface area contributed by atoms with Gasteiger partial charge in [-0.15, -0.1) is 0 Å². The minimum atomic E-state index is 0.223. The summed E-state index contributed by atoms with van der Waals surface area (Å²) in [5.74, 6) is 0. The van der Waals surface area contributed by atoms with Crippen LogP contribution in [-0.4, -0.2) is 16.0 Å². The zero-order valence-electron chi connectivity index (χ0n) is 8.33. The lowest BCUT2D eigenvalue weighted by Crippen LogP contribution is -2.23. The number of aromatic nitrogens is 2. The maximum atomic E-state index is 5.92. The summed E-state index contributed by atoms with van der Waals surface area (Å²) in [6.45, 7) is 4.12.